The molecule has 2 saturated heterocycles. The molecule has 3 N–H and O–H groups in total. The Labute approximate surface area is 302 Å². The highest BCUT2D eigenvalue weighted by Gasteiger charge is 2.57. The predicted octanol–water partition coefficient (Wildman–Crippen LogP) is 8.51. The first-order valence-corrected chi connectivity index (χ1v) is 18.4. The van der Waals surface area contributed by atoms with E-state index in [-0.39, 0.29) is 29.6 Å². The van der Waals surface area contributed by atoms with Crippen molar-refractivity contribution in [1.29, 1.82) is 0 Å². The number of hydrogen-bond donors (Lipinski definition) is 3. The molecule has 0 spiro atoms. The molecule has 3 aromatic rings. The second kappa shape index (κ2) is 15.5. The molecule has 1 aliphatic carbocycles. The lowest BCUT2D eigenvalue weighted by Crippen LogP contribution is -2.46. The van der Waals surface area contributed by atoms with Crippen LogP contribution in [0.15, 0.2) is 83.4 Å². The summed E-state index contributed by atoms with van der Waals surface area (Å²) in [6, 6.07) is 21.1. The molecule has 6 rings (SSSR count). The van der Waals surface area contributed by atoms with Crippen LogP contribution in [-0.4, -0.2) is 42.3 Å². The topological polar surface area (TPSA) is 108 Å². The normalized spacial score (nSPS) is 22.3. The van der Waals surface area contributed by atoms with Gasteiger partial charge in [0.15, 0.2) is 11.5 Å². The van der Waals surface area contributed by atoms with Crippen LogP contribution in [0.25, 0.3) is 6.08 Å². The minimum absolute atomic E-state index is 0.134. The van der Waals surface area contributed by atoms with Gasteiger partial charge in [0.1, 0.15) is 0 Å². The van der Waals surface area contributed by atoms with E-state index in [0.29, 0.717) is 30.6 Å². The number of phenolic OH excluding ortho intramolecular Hbond substituents is 1. The predicted molar refractivity (Wildman–Crippen MR) is 203 cm³/mol. The van der Waals surface area contributed by atoms with Crippen LogP contribution in [-0.2, 0) is 14.2 Å². The summed E-state index contributed by atoms with van der Waals surface area (Å²) in [7, 11) is 0.536. The van der Waals surface area contributed by atoms with Crippen LogP contribution in [0.2, 0.25) is 6.32 Å². The molecule has 10 heteroatoms. The van der Waals surface area contributed by atoms with Crippen molar-refractivity contribution >= 4 is 64.7 Å². The van der Waals surface area contributed by atoms with E-state index < -0.39 is 19.0 Å². The number of aromatic hydroxyl groups is 1. The molecule has 0 bridgehead atoms. The first kappa shape index (κ1) is 35.2. The Balaban J connectivity index is 1.25. The Morgan fingerprint density at radius 3 is 2.45 bits per heavy atom. The SMILES string of the molecule is CCCC1=C2[C@@H](CC/C(=C/c3cc(I)c(O)c(OC)c3)CCC)OB(O)C[C@@H]2[C@@H]2C(=O)N(c3ccc(Nc4ccccc4)cc3)C(=O)[C@@H]2C1. The van der Waals surface area contributed by atoms with Gasteiger partial charge in [-0.05, 0) is 127 Å². The van der Waals surface area contributed by atoms with Gasteiger partial charge in [-0.1, -0.05) is 62.1 Å². The van der Waals surface area contributed by atoms with Gasteiger partial charge in [-0.25, -0.2) is 0 Å². The van der Waals surface area contributed by atoms with Gasteiger partial charge >= 0.3 is 7.12 Å². The maximum Gasteiger partial charge on any atom is 0.455 e. The molecule has 8 nitrogen and oxygen atoms in total. The summed E-state index contributed by atoms with van der Waals surface area (Å²) in [4.78, 5) is 29.6. The van der Waals surface area contributed by atoms with Crippen molar-refractivity contribution in [2.75, 3.05) is 17.3 Å². The molecule has 2 aliphatic heterocycles. The average Bonchev–Trinajstić information content (AvgIpc) is 3.34. The number of nitrogens with zero attached hydrogens (tertiary/aromatic N) is 1. The molecule has 0 radical (unpaired) electrons. The van der Waals surface area contributed by atoms with Crippen LogP contribution < -0.4 is 15.0 Å². The van der Waals surface area contributed by atoms with Crippen LogP contribution in [0.5, 0.6) is 11.5 Å². The Kier molecular flexibility index (Phi) is 11.2. The quantitative estimate of drug-likeness (QED) is 0.0733. The Morgan fingerprint density at radius 1 is 1.02 bits per heavy atom. The van der Waals surface area contributed by atoms with Crippen molar-refractivity contribution in [1.82, 2.24) is 0 Å². The third-order valence-corrected chi connectivity index (χ3v) is 10.8. The van der Waals surface area contributed by atoms with Gasteiger partial charge in [0.05, 0.1) is 34.3 Å². The lowest BCUT2D eigenvalue weighted by molar-refractivity contribution is -0.122. The number of anilines is 3. The summed E-state index contributed by atoms with van der Waals surface area (Å²) in [6.07, 6.45) is 7.67. The molecule has 256 valence electrons. The van der Waals surface area contributed by atoms with E-state index in [0.717, 1.165) is 58.2 Å². The van der Waals surface area contributed by atoms with Gasteiger partial charge in [-0.15, -0.1) is 0 Å². The fraction of sp³-hybridized carbons (Fsp3) is 0.385. The molecular weight excluding hydrogens is 730 g/mol. The van der Waals surface area contributed by atoms with E-state index in [1.54, 1.807) is 7.11 Å². The number of ether oxygens (including phenoxy) is 1. The van der Waals surface area contributed by atoms with Crippen molar-refractivity contribution in [2.24, 2.45) is 17.8 Å². The number of carbonyl (C=O) groups is 2. The molecule has 4 atom stereocenters. The van der Waals surface area contributed by atoms with E-state index >= 15 is 0 Å². The number of amides is 2. The summed E-state index contributed by atoms with van der Waals surface area (Å²) in [5.41, 5.74) is 6.91. The fourth-order valence-corrected chi connectivity index (χ4v) is 8.54. The maximum absolute atomic E-state index is 14.2. The number of phenols is 1. The molecule has 0 aromatic heterocycles. The van der Waals surface area contributed by atoms with E-state index in [1.165, 1.54) is 16.0 Å². The van der Waals surface area contributed by atoms with Crippen molar-refractivity contribution in [3.05, 3.63) is 92.6 Å². The minimum atomic E-state index is -1.01. The molecule has 49 heavy (non-hydrogen) atoms. The number of nitrogens with one attached hydrogen (secondary N) is 1. The summed E-state index contributed by atoms with van der Waals surface area (Å²) >= 11 is 2.11. The maximum atomic E-state index is 14.2. The molecule has 0 saturated carbocycles. The lowest BCUT2D eigenvalue weighted by Gasteiger charge is -2.43. The summed E-state index contributed by atoms with van der Waals surface area (Å²) in [5, 5.41) is 24.7. The molecule has 2 amide bonds. The van der Waals surface area contributed by atoms with E-state index in [1.807, 2.05) is 66.7 Å². The highest BCUT2D eigenvalue weighted by molar-refractivity contribution is 14.1. The molecule has 2 heterocycles. The summed E-state index contributed by atoms with van der Waals surface area (Å²) in [5.74, 6) is -0.998. The number of allylic oxidation sites excluding steroid dienone is 2. The van der Waals surface area contributed by atoms with Crippen LogP contribution >= 0.6 is 22.6 Å². The number of benzene rings is 3. The summed E-state index contributed by atoms with van der Waals surface area (Å²) < 4.78 is 12.4. The first-order valence-electron chi connectivity index (χ1n) is 17.3. The second-order valence-corrected chi connectivity index (χ2v) is 14.4. The number of imide groups is 1. The largest absolute Gasteiger partial charge is 0.504 e. The van der Waals surface area contributed by atoms with Crippen LogP contribution in [0.4, 0.5) is 17.1 Å². The van der Waals surface area contributed by atoms with E-state index in [2.05, 4.69) is 47.8 Å². The fourth-order valence-electron chi connectivity index (χ4n) is 7.91. The van der Waals surface area contributed by atoms with E-state index in [4.69, 9.17) is 9.39 Å². The van der Waals surface area contributed by atoms with Crippen LogP contribution in [0.3, 0.4) is 0 Å². The van der Waals surface area contributed by atoms with Crippen LogP contribution in [0.1, 0.15) is 64.4 Å². The van der Waals surface area contributed by atoms with Gasteiger partial charge in [0.2, 0.25) is 11.8 Å². The van der Waals surface area contributed by atoms with Gasteiger partial charge in [-0.2, -0.15) is 0 Å². The monoisotopic (exact) mass is 774 g/mol. The number of fused-ring (bicyclic) bond motifs is 3. The highest BCUT2D eigenvalue weighted by atomic mass is 127. The number of halogens is 1. The molecule has 2 fully saturated rings. The van der Waals surface area contributed by atoms with Gasteiger partial charge in [0, 0.05) is 11.4 Å². The van der Waals surface area contributed by atoms with Crippen molar-refractivity contribution in [2.45, 2.75) is 71.2 Å². The smallest absolute Gasteiger partial charge is 0.455 e. The first-order chi connectivity index (χ1) is 23.7. The van der Waals surface area contributed by atoms with Crippen molar-refractivity contribution in [3.63, 3.8) is 0 Å². The third-order valence-electron chi connectivity index (χ3n) is 9.99. The highest BCUT2D eigenvalue weighted by Crippen LogP contribution is 2.52. The molecule has 3 aromatic carbocycles. The minimum Gasteiger partial charge on any atom is -0.504 e. The standard InChI is InChI=1S/C39H44BIN2O6/c1-4-9-24(19-25-20-32(41)37(44)34(21-25)48-3)13-18-33-35-26(10-5-2)22-30-36(31(35)23-40(47)49-33)39(46)43(38(30)45)29-16-14-28(15-17-29)42-27-11-7-6-8-12-27/h6-8,11-12,14-17,19-21,30-31,33,36,42,44,47H,4-5,9-10,13,18,22-23H2,1-3H3/b24-19+/t30-,31+,33-,36-/m1/s1. The van der Waals surface area contributed by atoms with Gasteiger partial charge in [-0.3, -0.25) is 14.5 Å². The lowest BCUT2D eigenvalue weighted by atomic mass is 9.58. The third kappa shape index (κ3) is 7.46. The number of carbonyl (C=O) groups excluding carboxylic acids is 2. The molecule has 3 aliphatic rings. The summed E-state index contributed by atoms with van der Waals surface area (Å²) in [6.45, 7) is 4.29. The number of methoxy groups -OCH3 is 1. The van der Waals surface area contributed by atoms with Gasteiger partial charge < -0.3 is 24.8 Å². The number of hydrogen-bond acceptors (Lipinski definition) is 7. The molecule has 0 unspecified atom stereocenters. The van der Waals surface area contributed by atoms with Crippen molar-refractivity contribution in [3.8, 4) is 11.5 Å². The zero-order chi connectivity index (χ0) is 34.7. The number of rotatable bonds is 12. The Hall–Kier alpha value is -3.61. The molecular formula is C39H44BIN2O6. The van der Waals surface area contributed by atoms with Gasteiger partial charge in [0.25, 0.3) is 0 Å². The van der Waals surface area contributed by atoms with Crippen LogP contribution in [0, 0.1) is 21.3 Å². The Morgan fingerprint density at radius 2 is 1.76 bits per heavy atom. The Bertz CT molecular complexity index is 1740. The van der Waals surface area contributed by atoms with Crippen molar-refractivity contribution < 1.29 is 29.1 Å². The zero-order valence-electron chi connectivity index (χ0n) is 28.3. The number of para-hydroxylation sites is 1. The zero-order valence-corrected chi connectivity index (χ0v) is 30.5. The average molecular weight is 775 g/mol. The second-order valence-electron chi connectivity index (χ2n) is 13.3. The van der Waals surface area contributed by atoms with E-state index in [9.17, 15) is 19.7 Å².